The zero-order chi connectivity index (χ0) is 10.7. The van der Waals surface area contributed by atoms with Gasteiger partial charge in [0.05, 0.1) is 6.42 Å². The van der Waals surface area contributed by atoms with Crippen molar-refractivity contribution in [2.45, 2.75) is 25.7 Å². The Morgan fingerprint density at radius 2 is 2.07 bits per heavy atom. The molecule has 0 bridgehead atoms. The summed E-state index contributed by atoms with van der Waals surface area (Å²) in [4.78, 5) is 17.9. The average molecular weight is 213 g/mol. The Hall–Kier alpha value is -0.650. The number of fused-ring (bicyclic) bond motifs is 1. The van der Waals surface area contributed by atoms with Crippen LogP contribution in [-0.4, -0.2) is 30.5 Å². The van der Waals surface area contributed by atoms with Crippen LogP contribution in [0.2, 0.25) is 0 Å². The van der Waals surface area contributed by atoms with Gasteiger partial charge in [-0.05, 0) is 24.7 Å². The molecule has 0 radical (unpaired) electrons. The number of hydrazine groups is 1. The van der Waals surface area contributed by atoms with E-state index in [-0.39, 0.29) is 5.97 Å². The van der Waals surface area contributed by atoms with Crippen molar-refractivity contribution in [2.24, 2.45) is 17.7 Å². The Morgan fingerprint density at radius 3 is 2.67 bits per heavy atom. The first-order valence-corrected chi connectivity index (χ1v) is 5.67. The minimum Gasteiger partial charge on any atom is -0.356 e. The highest BCUT2D eigenvalue weighted by molar-refractivity contribution is 5.69. The molecule has 0 amide bonds. The lowest BCUT2D eigenvalue weighted by atomic mass is 10.0. The van der Waals surface area contributed by atoms with Crippen molar-refractivity contribution in [1.82, 2.24) is 10.5 Å². The lowest BCUT2D eigenvalue weighted by molar-refractivity contribution is -0.151. The fourth-order valence-corrected chi connectivity index (χ4v) is 2.88. The van der Waals surface area contributed by atoms with E-state index in [4.69, 9.17) is 5.84 Å². The second kappa shape index (κ2) is 4.92. The predicted molar refractivity (Wildman–Crippen MR) is 55.3 cm³/mol. The van der Waals surface area contributed by atoms with E-state index in [0.29, 0.717) is 6.42 Å². The number of nitrogens with two attached hydrogens (primary N) is 1. The third-order valence-corrected chi connectivity index (χ3v) is 3.61. The molecular formula is C10H19N3O2. The van der Waals surface area contributed by atoms with Gasteiger partial charge in [0.15, 0.2) is 0 Å². The third kappa shape index (κ3) is 2.68. The lowest BCUT2D eigenvalue weighted by Gasteiger charge is -2.15. The fraction of sp³-hybridized carbons (Fsp3) is 0.900. The minimum absolute atomic E-state index is 0.283. The van der Waals surface area contributed by atoms with Gasteiger partial charge in [-0.15, -0.1) is 0 Å². The van der Waals surface area contributed by atoms with Gasteiger partial charge >= 0.3 is 5.97 Å². The summed E-state index contributed by atoms with van der Waals surface area (Å²) in [5.41, 5.74) is 1.91. The van der Waals surface area contributed by atoms with E-state index in [1.165, 1.54) is 19.3 Å². The summed E-state index contributed by atoms with van der Waals surface area (Å²) in [5.74, 6) is 6.36. The molecule has 1 aliphatic carbocycles. The Kier molecular flexibility index (Phi) is 3.56. The summed E-state index contributed by atoms with van der Waals surface area (Å²) in [6.45, 7) is 3.12. The van der Waals surface area contributed by atoms with Gasteiger partial charge in [-0.2, -0.15) is 0 Å². The molecule has 0 aromatic carbocycles. The standard InChI is InChI=1S/C10H19N3O2/c11-12-15-10(14)4-5-13-6-8-2-1-3-9(8)7-13/h8-9,12H,1-7,11H2. The zero-order valence-electron chi connectivity index (χ0n) is 8.95. The molecule has 15 heavy (non-hydrogen) atoms. The summed E-state index contributed by atoms with van der Waals surface area (Å²) in [6, 6.07) is 0. The maximum atomic E-state index is 11.1. The number of nitrogens with one attached hydrogen (secondary N) is 1. The molecule has 5 nitrogen and oxygen atoms in total. The summed E-state index contributed by atoms with van der Waals surface area (Å²) < 4.78 is 0. The van der Waals surface area contributed by atoms with Crippen molar-refractivity contribution < 1.29 is 9.63 Å². The predicted octanol–water partition coefficient (Wildman–Crippen LogP) is 0.0299. The van der Waals surface area contributed by atoms with E-state index in [1.54, 1.807) is 0 Å². The van der Waals surface area contributed by atoms with E-state index in [0.717, 1.165) is 31.5 Å². The van der Waals surface area contributed by atoms with Gasteiger partial charge < -0.3 is 9.74 Å². The van der Waals surface area contributed by atoms with Gasteiger partial charge in [-0.1, -0.05) is 12.0 Å². The first-order valence-electron chi connectivity index (χ1n) is 5.67. The van der Waals surface area contributed by atoms with Crippen molar-refractivity contribution in [3.8, 4) is 0 Å². The maximum absolute atomic E-state index is 11.1. The maximum Gasteiger partial charge on any atom is 0.327 e. The molecular weight excluding hydrogens is 194 g/mol. The van der Waals surface area contributed by atoms with Crippen molar-refractivity contribution in [2.75, 3.05) is 19.6 Å². The second-order valence-corrected chi connectivity index (χ2v) is 4.55. The fourth-order valence-electron chi connectivity index (χ4n) is 2.88. The van der Waals surface area contributed by atoms with Crippen molar-refractivity contribution in [3.05, 3.63) is 0 Å². The van der Waals surface area contributed by atoms with E-state index < -0.39 is 0 Å². The number of nitrogens with zero attached hydrogens (tertiary/aromatic N) is 1. The SMILES string of the molecule is NNOC(=O)CCN1CC2CCCC2C1. The third-order valence-electron chi connectivity index (χ3n) is 3.61. The molecule has 1 aliphatic heterocycles. The Morgan fingerprint density at radius 1 is 1.40 bits per heavy atom. The number of hydrogen-bond donors (Lipinski definition) is 2. The van der Waals surface area contributed by atoms with E-state index in [2.05, 4.69) is 9.74 Å². The van der Waals surface area contributed by atoms with Crippen molar-refractivity contribution in [3.63, 3.8) is 0 Å². The molecule has 5 heteroatoms. The normalized spacial score (nSPS) is 30.5. The molecule has 0 aromatic heterocycles. The van der Waals surface area contributed by atoms with Gasteiger partial charge in [0.2, 0.25) is 0 Å². The molecule has 1 heterocycles. The van der Waals surface area contributed by atoms with Crippen LogP contribution in [0.15, 0.2) is 0 Å². The number of carbonyl (C=O) groups excluding carboxylic acids is 1. The van der Waals surface area contributed by atoms with Gasteiger partial charge in [0, 0.05) is 19.6 Å². The topological polar surface area (TPSA) is 67.6 Å². The molecule has 2 rings (SSSR count). The molecule has 0 spiro atoms. The van der Waals surface area contributed by atoms with Crippen molar-refractivity contribution in [1.29, 1.82) is 0 Å². The first kappa shape index (κ1) is 10.9. The van der Waals surface area contributed by atoms with Crippen LogP contribution in [0.1, 0.15) is 25.7 Å². The second-order valence-electron chi connectivity index (χ2n) is 4.55. The van der Waals surface area contributed by atoms with Crippen LogP contribution < -0.4 is 11.4 Å². The Bertz CT molecular complexity index is 223. The molecule has 3 N–H and O–H groups in total. The van der Waals surface area contributed by atoms with E-state index in [1.807, 2.05) is 5.59 Å². The lowest BCUT2D eigenvalue weighted by Crippen LogP contribution is -2.30. The molecule has 2 aliphatic rings. The minimum atomic E-state index is -0.283. The van der Waals surface area contributed by atoms with Gasteiger partial charge in [-0.3, -0.25) is 4.79 Å². The summed E-state index contributed by atoms with van der Waals surface area (Å²) in [7, 11) is 0. The number of rotatable bonds is 4. The molecule has 1 saturated heterocycles. The van der Waals surface area contributed by atoms with Gasteiger partial charge in [-0.25, -0.2) is 5.84 Å². The number of carbonyl (C=O) groups is 1. The number of hydrogen-bond acceptors (Lipinski definition) is 5. The smallest absolute Gasteiger partial charge is 0.327 e. The average Bonchev–Trinajstić information content (AvgIpc) is 2.74. The van der Waals surface area contributed by atoms with Crippen LogP contribution in [-0.2, 0) is 9.63 Å². The first-order chi connectivity index (χ1) is 7.29. The number of likely N-dealkylation sites (tertiary alicyclic amines) is 1. The Labute approximate surface area is 89.9 Å². The van der Waals surface area contributed by atoms with Crippen LogP contribution in [0.4, 0.5) is 0 Å². The molecule has 2 unspecified atom stereocenters. The highest BCUT2D eigenvalue weighted by atomic mass is 16.7. The molecule has 2 atom stereocenters. The van der Waals surface area contributed by atoms with Crippen LogP contribution in [0, 0.1) is 11.8 Å². The van der Waals surface area contributed by atoms with Crippen molar-refractivity contribution >= 4 is 5.97 Å². The summed E-state index contributed by atoms with van der Waals surface area (Å²) in [6.07, 6.45) is 4.55. The molecule has 1 saturated carbocycles. The van der Waals surface area contributed by atoms with Gasteiger partial charge in [0.25, 0.3) is 0 Å². The quantitative estimate of drug-likeness (QED) is 0.509. The Balaban J connectivity index is 1.67. The zero-order valence-corrected chi connectivity index (χ0v) is 8.95. The highest BCUT2D eigenvalue weighted by Crippen LogP contribution is 2.37. The van der Waals surface area contributed by atoms with Gasteiger partial charge in [0.1, 0.15) is 0 Å². The molecule has 2 fully saturated rings. The van der Waals surface area contributed by atoms with Crippen LogP contribution in [0.3, 0.4) is 0 Å². The summed E-state index contributed by atoms with van der Waals surface area (Å²) >= 11 is 0. The molecule has 0 aromatic rings. The van der Waals surface area contributed by atoms with Crippen LogP contribution >= 0.6 is 0 Å². The van der Waals surface area contributed by atoms with Crippen LogP contribution in [0.25, 0.3) is 0 Å². The monoisotopic (exact) mass is 213 g/mol. The molecule has 86 valence electrons. The van der Waals surface area contributed by atoms with E-state index >= 15 is 0 Å². The van der Waals surface area contributed by atoms with Crippen LogP contribution in [0.5, 0.6) is 0 Å². The largest absolute Gasteiger partial charge is 0.356 e. The van der Waals surface area contributed by atoms with E-state index in [9.17, 15) is 4.79 Å². The summed E-state index contributed by atoms with van der Waals surface area (Å²) in [5, 5.41) is 0. The highest BCUT2D eigenvalue weighted by Gasteiger charge is 2.35.